The van der Waals surface area contributed by atoms with Gasteiger partial charge in [-0.15, -0.1) is 0 Å². The van der Waals surface area contributed by atoms with Gasteiger partial charge in [-0.25, -0.2) is 13.2 Å². The molecule has 6 heteroatoms. The molecule has 0 aliphatic carbocycles. The van der Waals surface area contributed by atoms with E-state index in [0.717, 1.165) is 0 Å². The van der Waals surface area contributed by atoms with E-state index in [1.807, 2.05) is 0 Å². The van der Waals surface area contributed by atoms with Crippen molar-refractivity contribution >= 4 is 11.7 Å². The molecule has 0 aromatic heterocycles. The second kappa shape index (κ2) is 7.32. The number of halogens is 3. The largest absolute Gasteiger partial charge is 0.355 e. The van der Waals surface area contributed by atoms with Crippen molar-refractivity contribution in [2.24, 2.45) is 5.92 Å². The lowest BCUT2D eigenvalue weighted by Gasteiger charge is -2.18. The summed E-state index contributed by atoms with van der Waals surface area (Å²) < 4.78 is 42.3. The minimum absolute atomic E-state index is 0.0629. The Morgan fingerprint density at radius 1 is 1.12 bits per heavy atom. The summed E-state index contributed by atoms with van der Waals surface area (Å²) in [5.74, 6) is -4.37. The Morgan fingerprint density at radius 3 is 2.42 bits per heavy atom. The van der Waals surface area contributed by atoms with Crippen molar-refractivity contribution in [2.45, 2.75) is 25.7 Å². The van der Waals surface area contributed by atoms with Crippen LogP contribution in [-0.4, -0.2) is 18.2 Å². The Labute approximate surface area is 149 Å². The molecule has 0 spiro atoms. The molecule has 0 bridgehead atoms. The van der Waals surface area contributed by atoms with Crippen LogP contribution in [0.5, 0.6) is 0 Å². The Balaban J connectivity index is 1.81. The summed E-state index contributed by atoms with van der Waals surface area (Å²) in [6.07, 6.45) is -0.361. The quantitative estimate of drug-likeness (QED) is 0.887. The maximum absolute atomic E-state index is 14.3. The molecule has 1 saturated heterocycles. The second-order valence-corrected chi connectivity index (χ2v) is 6.61. The number of aryl methyl sites for hydroxylation is 1. The molecule has 2 atom stereocenters. The third-order valence-electron chi connectivity index (χ3n) is 4.71. The number of Topliss-reactive ketones (excluding diaryl/α,β-unsaturated/α-hetero) is 1. The minimum Gasteiger partial charge on any atom is -0.355 e. The van der Waals surface area contributed by atoms with Gasteiger partial charge >= 0.3 is 0 Å². The van der Waals surface area contributed by atoms with Crippen molar-refractivity contribution in [3.8, 4) is 0 Å². The molecule has 1 aliphatic rings. The molecule has 26 heavy (non-hydrogen) atoms. The predicted octanol–water partition coefficient (Wildman–Crippen LogP) is 3.44. The fourth-order valence-corrected chi connectivity index (χ4v) is 3.44. The fourth-order valence-electron chi connectivity index (χ4n) is 3.44. The van der Waals surface area contributed by atoms with Crippen LogP contribution in [0.1, 0.15) is 29.0 Å². The zero-order valence-corrected chi connectivity index (χ0v) is 14.2. The standard InChI is InChI=1S/C20H18F3NO2/c1-11-6-17(22)19(18(23)7-11)15-10-24-20(26)14(15)9-13(25)8-12-4-2-3-5-16(12)21/h2-7,14-15H,8-10H2,1H3,(H,24,26)/t14-,15+/m0/s1. The third-order valence-corrected chi connectivity index (χ3v) is 4.71. The highest BCUT2D eigenvalue weighted by Gasteiger charge is 2.39. The van der Waals surface area contributed by atoms with Crippen molar-refractivity contribution in [1.82, 2.24) is 5.32 Å². The van der Waals surface area contributed by atoms with Crippen LogP contribution in [-0.2, 0) is 16.0 Å². The van der Waals surface area contributed by atoms with Gasteiger partial charge in [-0.3, -0.25) is 9.59 Å². The number of nitrogens with one attached hydrogen (secondary N) is 1. The molecule has 1 aliphatic heterocycles. The lowest BCUT2D eigenvalue weighted by Crippen LogP contribution is -2.23. The lowest BCUT2D eigenvalue weighted by atomic mass is 9.83. The number of amides is 1. The first-order valence-corrected chi connectivity index (χ1v) is 8.35. The van der Waals surface area contributed by atoms with E-state index >= 15 is 0 Å². The molecule has 0 saturated carbocycles. The summed E-state index contributed by atoms with van der Waals surface area (Å²) in [7, 11) is 0. The van der Waals surface area contributed by atoms with E-state index in [1.165, 1.54) is 30.3 Å². The van der Waals surface area contributed by atoms with Gasteiger partial charge < -0.3 is 5.32 Å². The highest BCUT2D eigenvalue weighted by atomic mass is 19.1. The van der Waals surface area contributed by atoms with Crippen LogP contribution in [0, 0.1) is 30.3 Å². The molecule has 1 N–H and O–H groups in total. The Hall–Kier alpha value is -2.63. The van der Waals surface area contributed by atoms with E-state index in [4.69, 9.17) is 0 Å². The van der Waals surface area contributed by atoms with Crippen LogP contribution in [0.25, 0.3) is 0 Å². The smallest absolute Gasteiger partial charge is 0.224 e. The van der Waals surface area contributed by atoms with Crippen LogP contribution in [0.3, 0.4) is 0 Å². The molecular formula is C20H18F3NO2. The van der Waals surface area contributed by atoms with Crippen LogP contribution in [0.15, 0.2) is 36.4 Å². The van der Waals surface area contributed by atoms with Gasteiger partial charge in [0, 0.05) is 30.9 Å². The van der Waals surface area contributed by atoms with E-state index in [-0.39, 0.29) is 36.3 Å². The highest BCUT2D eigenvalue weighted by molar-refractivity contribution is 5.90. The number of hydrogen-bond acceptors (Lipinski definition) is 2. The zero-order chi connectivity index (χ0) is 18.8. The van der Waals surface area contributed by atoms with Crippen molar-refractivity contribution in [3.63, 3.8) is 0 Å². The third kappa shape index (κ3) is 3.64. The Morgan fingerprint density at radius 2 is 1.77 bits per heavy atom. The first-order valence-electron chi connectivity index (χ1n) is 8.35. The summed E-state index contributed by atoms with van der Waals surface area (Å²) in [5, 5.41) is 2.57. The highest BCUT2D eigenvalue weighted by Crippen LogP contribution is 2.35. The van der Waals surface area contributed by atoms with Gasteiger partial charge in [0.1, 0.15) is 23.2 Å². The zero-order valence-electron chi connectivity index (χ0n) is 14.2. The van der Waals surface area contributed by atoms with Gasteiger partial charge in [0.25, 0.3) is 0 Å². The Bertz CT molecular complexity index is 843. The molecule has 3 rings (SSSR count). The topological polar surface area (TPSA) is 46.2 Å². The lowest BCUT2D eigenvalue weighted by molar-refractivity contribution is -0.127. The number of rotatable bonds is 5. The number of carbonyl (C=O) groups excluding carboxylic acids is 2. The summed E-state index contributed by atoms with van der Waals surface area (Å²) in [6.45, 7) is 1.64. The number of ketones is 1. The van der Waals surface area contributed by atoms with Gasteiger partial charge in [-0.1, -0.05) is 18.2 Å². The van der Waals surface area contributed by atoms with Crippen LogP contribution in [0.2, 0.25) is 0 Å². The monoisotopic (exact) mass is 361 g/mol. The molecule has 1 heterocycles. The average Bonchev–Trinajstić information content (AvgIpc) is 2.90. The first-order chi connectivity index (χ1) is 12.4. The van der Waals surface area contributed by atoms with Crippen molar-refractivity contribution in [1.29, 1.82) is 0 Å². The molecule has 136 valence electrons. The summed E-state index contributed by atoms with van der Waals surface area (Å²) in [6, 6.07) is 8.31. The van der Waals surface area contributed by atoms with E-state index in [2.05, 4.69) is 5.32 Å². The van der Waals surface area contributed by atoms with Crippen molar-refractivity contribution in [2.75, 3.05) is 6.54 Å². The van der Waals surface area contributed by atoms with Gasteiger partial charge in [0.15, 0.2) is 0 Å². The van der Waals surface area contributed by atoms with Gasteiger partial charge in [0.05, 0.1) is 5.92 Å². The number of carbonyl (C=O) groups is 2. The number of benzene rings is 2. The average molecular weight is 361 g/mol. The van der Waals surface area contributed by atoms with E-state index in [0.29, 0.717) is 5.56 Å². The fraction of sp³-hybridized carbons (Fsp3) is 0.300. The maximum Gasteiger partial charge on any atom is 0.224 e. The van der Waals surface area contributed by atoms with E-state index in [9.17, 15) is 22.8 Å². The van der Waals surface area contributed by atoms with Gasteiger partial charge in [-0.2, -0.15) is 0 Å². The van der Waals surface area contributed by atoms with E-state index in [1.54, 1.807) is 13.0 Å². The normalized spacial score (nSPS) is 19.5. The minimum atomic E-state index is -0.874. The first kappa shape index (κ1) is 18.2. The molecule has 0 unspecified atom stereocenters. The van der Waals surface area contributed by atoms with Gasteiger partial charge in [0.2, 0.25) is 5.91 Å². The molecule has 1 fully saturated rings. The molecule has 2 aromatic rings. The SMILES string of the molecule is Cc1cc(F)c([C@@H]2CNC(=O)[C@H]2CC(=O)Cc2ccccc2F)c(F)c1. The summed E-state index contributed by atoms with van der Waals surface area (Å²) in [5.41, 5.74) is 0.492. The molecule has 3 nitrogen and oxygen atoms in total. The van der Waals surface area contributed by atoms with Crippen LogP contribution in [0.4, 0.5) is 13.2 Å². The van der Waals surface area contributed by atoms with Crippen LogP contribution < -0.4 is 5.32 Å². The maximum atomic E-state index is 14.3. The summed E-state index contributed by atoms with van der Waals surface area (Å²) >= 11 is 0. The van der Waals surface area contributed by atoms with E-state index < -0.39 is 35.2 Å². The van der Waals surface area contributed by atoms with Crippen molar-refractivity contribution < 1.29 is 22.8 Å². The number of hydrogen-bond donors (Lipinski definition) is 1. The molecular weight excluding hydrogens is 343 g/mol. The molecule has 0 radical (unpaired) electrons. The molecule has 2 aromatic carbocycles. The Kier molecular flexibility index (Phi) is 5.11. The second-order valence-electron chi connectivity index (χ2n) is 6.61. The predicted molar refractivity (Wildman–Crippen MR) is 90.1 cm³/mol. The van der Waals surface area contributed by atoms with Crippen molar-refractivity contribution in [3.05, 3.63) is 70.5 Å². The molecule has 1 amide bonds. The summed E-state index contributed by atoms with van der Waals surface area (Å²) in [4.78, 5) is 24.5. The van der Waals surface area contributed by atoms with Gasteiger partial charge in [-0.05, 0) is 36.2 Å². The van der Waals surface area contributed by atoms with Crippen LogP contribution >= 0.6 is 0 Å².